The Bertz CT molecular complexity index is 596. The zero-order chi connectivity index (χ0) is 15.1. The lowest BCUT2D eigenvalue weighted by Gasteiger charge is -2.21. The zero-order valence-corrected chi connectivity index (χ0v) is 12.7. The van der Waals surface area contributed by atoms with Gasteiger partial charge >= 0.3 is 0 Å². The normalized spacial score (nSPS) is 12.1. The molecule has 1 atom stereocenters. The number of rotatable bonds is 6. The maximum absolute atomic E-state index is 9.17. The summed E-state index contributed by atoms with van der Waals surface area (Å²) < 4.78 is 0. The number of hydrogen-bond donors (Lipinski definition) is 1. The van der Waals surface area contributed by atoms with E-state index in [1.54, 1.807) is 0 Å². The highest BCUT2D eigenvalue weighted by atomic mass is 14.9. The monoisotopic (exact) mass is 278 g/mol. The second-order valence-corrected chi connectivity index (χ2v) is 5.74. The molecule has 0 saturated heterocycles. The molecule has 0 spiro atoms. The van der Waals surface area contributed by atoms with Gasteiger partial charge in [0.2, 0.25) is 0 Å². The van der Waals surface area contributed by atoms with E-state index in [4.69, 9.17) is 5.26 Å². The number of nitriles is 1. The first-order valence-electron chi connectivity index (χ1n) is 7.47. The Labute approximate surface area is 127 Å². The number of nitrogens with zero attached hydrogens (tertiary/aromatic N) is 1. The van der Waals surface area contributed by atoms with E-state index in [9.17, 15) is 0 Å². The Morgan fingerprint density at radius 3 is 2.33 bits per heavy atom. The van der Waals surface area contributed by atoms with Crippen LogP contribution in [0.3, 0.4) is 0 Å². The summed E-state index contributed by atoms with van der Waals surface area (Å²) in [6.45, 7) is 5.19. The van der Waals surface area contributed by atoms with Crippen LogP contribution in [-0.2, 0) is 6.54 Å². The summed E-state index contributed by atoms with van der Waals surface area (Å²) in [5, 5.41) is 12.8. The molecule has 0 radical (unpaired) electrons. The van der Waals surface area contributed by atoms with Crippen molar-refractivity contribution in [2.24, 2.45) is 5.92 Å². The van der Waals surface area contributed by atoms with E-state index < -0.39 is 0 Å². The summed E-state index contributed by atoms with van der Waals surface area (Å²) in [7, 11) is 0. The first-order valence-corrected chi connectivity index (χ1v) is 7.47. The first-order chi connectivity index (χ1) is 10.2. The molecule has 0 saturated carbocycles. The molecule has 0 aliphatic rings. The highest BCUT2D eigenvalue weighted by Gasteiger charge is 2.13. The molecular formula is C19H22N2. The number of hydrogen-bond acceptors (Lipinski definition) is 2. The summed E-state index contributed by atoms with van der Waals surface area (Å²) in [6.07, 6.45) is 1.08. The lowest BCUT2D eigenvalue weighted by molar-refractivity contribution is 0.428. The fourth-order valence-corrected chi connectivity index (χ4v) is 2.51. The molecule has 1 N–H and O–H groups in total. The average molecular weight is 278 g/mol. The summed E-state index contributed by atoms with van der Waals surface area (Å²) in [4.78, 5) is 0. The van der Waals surface area contributed by atoms with Crippen LogP contribution in [0.1, 0.15) is 43.0 Å². The van der Waals surface area contributed by atoms with Crippen molar-refractivity contribution in [3.8, 4) is 6.07 Å². The van der Waals surface area contributed by atoms with E-state index in [0.717, 1.165) is 24.1 Å². The minimum atomic E-state index is 0.318. The highest BCUT2D eigenvalue weighted by Crippen LogP contribution is 2.22. The van der Waals surface area contributed by atoms with Crippen molar-refractivity contribution >= 4 is 0 Å². The van der Waals surface area contributed by atoms with Gasteiger partial charge in [-0.15, -0.1) is 0 Å². The van der Waals surface area contributed by atoms with Gasteiger partial charge in [-0.05, 0) is 29.5 Å². The van der Waals surface area contributed by atoms with Crippen molar-refractivity contribution < 1.29 is 0 Å². The summed E-state index contributed by atoms with van der Waals surface area (Å²) >= 11 is 0. The summed E-state index contributed by atoms with van der Waals surface area (Å²) in [5.41, 5.74) is 3.12. The number of nitrogens with one attached hydrogen (secondary N) is 1. The minimum absolute atomic E-state index is 0.318. The van der Waals surface area contributed by atoms with Crippen LogP contribution in [0.15, 0.2) is 54.6 Å². The Kier molecular flexibility index (Phi) is 5.54. The predicted octanol–water partition coefficient (Wildman–Crippen LogP) is 4.44. The van der Waals surface area contributed by atoms with Crippen molar-refractivity contribution in [3.05, 3.63) is 71.3 Å². The Morgan fingerprint density at radius 2 is 1.67 bits per heavy atom. The van der Waals surface area contributed by atoms with Crippen LogP contribution in [0.5, 0.6) is 0 Å². The van der Waals surface area contributed by atoms with Gasteiger partial charge < -0.3 is 5.32 Å². The Morgan fingerprint density at radius 1 is 1.00 bits per heavy atom. The molecule has 2 rings (SSSR count). The smallest absolute Gasteiger partial charge is 0.0995 e. The van der Waals surface area contributed by atoms with Gasteiger partial charge in [-0.2, -0.15) is 5.26 Å². The zero-order valence-electron chi connectivity index (χ0n) is 12.7. The minimum Gasteiger partial charge on any atom is -0.306 e. The first kappa shape index (κ1) is 15.3. The topological polar surface area (TPSA) is 35.8 Å². The third-order valence-corrected chi connectivity index (χ3v) is 3.59. The lowest BCUT2D eigenvalue weighted by Crippen LogP contribution is -2.22. The van der Waals surface area contributed by atoms with E-state index in [-0.39, 0.29) is 0 Å². The van der Waals surface area contributed by atoms with Crippen molar-refractivity contribution in [3.63, 3.8) is 0 Å². The van der Waals surface area contributed by atoms with Crippen molar-refractivity contribution in [1.82, 2.24) is 5.32 Å². The maximum Gasteiger partial charge on any atom is 0.0995 e. The van der Waals surface area contributed by atoms with Gasteiger partial charge in [-0.25, -0.2) is 0 Å². The van der Waals surface area contributed by atoms with Gasteiger partial charge in [-0.1, -0.05) is 62.4 Å². The fourth-order valence-electron chi connectivity index (χ4n) is 2.51. The predicted molar refractivity (Wildman–Crippen MR) is 86.6 cm³/mol. The Hall–Kier alpha value is -2.11. The lowest BCUT2D eigenvalue weighted by atomic mass is 9.96. The van der Waals surface area contributed by atoms with E-state index in [1.807, 2.05) is 30.3 Å². The maximum atomic E-state index is 9.17. The molecular weight excluding hydrogens is 256 g/mol. The molecule has 0 bridgehead atoms. The van der Waals surface area contributed by atoms with Gasteiger partial charge in [0, 0.05) is 12.6 Å². The molecule has 0 heterocycles. The van der Waals surface area contributed by atoms with Crippen molar-refractivity contribution in [2.45, 2.75) is 32.9 Å². The van der Waals surface area contributed by atoms with Crippen LogP contribution in [0.2, 0.25) is 0 Å². The molecule has 2 heteroatoms. The van der Waals surface area contributed by atoms with Crippen molar-refractivity contribution in [1.29, 1.82) is 5.26 Å². The van der Waals surface area contributed by atoms with Gasteiger partial charge in [0.15, 0.2) is 0 Å². The third-order valence-electron chi connectivity index (χ3n) is 3.59. The molecule has 2 nitrogen and oxygen atoms in total. The SMILES string of the molecule is CC(C)CC(NCc1ccccc1C#N)c1ccccc1. The van der Waals surface area contributed by atoms with Crippen LogP contribution < -0.4 is 5.32 Å². The molecule has 2 aromatic rings. The van der Waals surface area contributed by atoms with Gasteiger partial charge in [0.1, 0.15) is 0 Å². The average Bonchev–Trinajstić information content (AvgIpc) is 2.52. The van der Waals surface area contributed by atoms with E-state index in [2.05, 4.69) is 49.5 Å². The van der Waals surface area contributed by atoms with Crippen LogP contribution in [0, 0.1) is 17.2 Å². The molecule has 0 aliphatic carbocycles. The molecule has 21 heavy (non-hydrogen) atoms. The molecule has 0 aromatic heterocycles. The second kappa shape index (κ2) is 7.61. The summed E-state index contributed by atoms with van der Waals surface area (Å²) in [6, 6.07) is 20.9. The molecule has 2 aromatic carbocycles. The van der Waals surface area contributed by atoms with E-state index in [1.165, 1.54) is 5.56 Å². The highest BCUT2D eigenvalue weighted by molar-refractivity contribution is 5.37. The molecule has 1 unspecified atom stereocenters. The molecule has 108 valence electrons. The summed E-state index contributed by atoms with van der Waals surface area (Å²) in [5.74, 6) is 0.619. The van der Waals surface area contributed by atoms with Crippen LogP contribution in [-0.4, -0.2) is 0 Å². The van der Waals surface area contributed by atoms with Crippen LogP contribution in [0.4, 0.5) is 0 Å². The second-order valence-electron chi connectivity index (χ2n) is 5.74. The standard InChI is InChI=1S/C19H22N2/c1-15(2)12-19(16-8-4-3-5-9-16)21-14-18-11-7-6-10-17(18)13-20/h3-11,15,19,21H,12,14H2,1-2H3. The Balaban J connectivity index is 2.11. The third kappa shape index (κ3) is 4.44. The fraction of sp³-hybridized carbons (Fsp3) is 0.316. The van der Waals surface area contributed by atoms with Gasteiger partial charge in [0.05, 0.1) is 11.6 Å². The molecule has 0 fully saturated rings. The van der Waals surface area contributed by atoms with Crippen LogP contribution >= 0.6 is 0 Å². The van der Waals surface area contributed by atoms with Crippen LogP contribution in [0.25, 0.3) is 0 Å². The van der Waals surface area contributed by atoms with Crippen molar-refractivity contribution in [2.75, 3.05) is 0 Å². The molecule has 0 amide bonds. The number of benzene rings is 2. The molecule has 0 aliphatic heterocycles. The van der Waals surface area contributed by atoms with Gasteiger partial charge in [-0.3, -0.25) is 0 Å². The largest absolute Gasteiger partial charge is 0.306 e. The van der Waals surface area contributed by atoms with E-state index >= 15 is 0 Å². The van der Waals surface area contributed by atoms with E-state index in [0.29, 0.717) is 12.0 Å². The van der Waals surface area contributed by atoms with Gasteiger partial charge in [0.25, 0.3) is 0 Å². The quantitative estimate of drug-likeness (QED) is 0.848.